The molecule has 9 heteroatoms. The molecule has 1 aromatic carbocycles. The van der Waals surface area contributed by atoms with Gasteiger partial charge in [-0.25, -0.2) is 9.50 Å². The van der Waals surface area contributed by atoms with E-state index in [1.54, 1.807) is 4.52 Å². The van der Waals surface area contributed by atoms with E-state index >= 15 is 0 Å². The van der Waals surface area contributed by atoms with Crippen molar-refractivity contribution >= 4 is 23.4 Å². The maximum absolute atomic E-state index is 12.1. The van der Waals surface area contributed by atoms with Crippen molar-refractivity contribution < 1.29 is 14.3 Å². The second-order valence-corrected chi connectivity index (χ2v) is 7.45. The van der Waals surface area contributed by atoms with E-state index in [1.807, 2.05) is 38.1 Å². The van der Waals surface area contributed by atoms with Gasteiger partial charge in [0.25, 0.3) is 5.78 Å². The van der Waals surface area contributed by atoms with Gasteiger partial charge in [-0.1, -0.05) is 17.8 Å². The lowest BCUT2D eigenvalue weighted by Crippen LogP contribution is -2.27. The molecule has 0 fully saturated rings. The first-order valence-corrected chi connectivity index (χ1v) is 10.1. The summed E-state index contributed by atoms with van der Waals surface area (Å²) in [7, 11) is 0. The van der Waals surface area contributed by atoms with E-state index in [-0.39, 0.29) is 11.7 Å². The molecule has 0 bridgehead atoms. The Morgan fingerprint density at radius 2 is 2.00 bits per heavy atom. The Morgan fingerprint density at radius 3 is 2.86 bits per heavy atom. The van der Waals surface area contributed by atoms with Gasteiger partial charge in [0.2, 0.25) is 11.1 Å². The van der Waals surface area contributed by atoms with Crippen LogP contribution >= 0.6 is 11.8 Å². The first-order valence-electron chi connectivity index (χ1n) is 9.07. The number of rotatable bonds is 6. The molecule has 0 radical (unpaired) electrons. The number of thioether (sulfide) groups is 1. The van der Waals surface area contributed by atoms with Crippen LogP contribution in [0.4, 0.5) is 0 Å². The van der Waals surface area contributed by atoms with Crippen LogP contribution < -0.4 is 14.8 Å². The summed E-state index contributed by atoms with van der Waals surface area (Å²) < 4.78 is 12.8. The molecular formula is C19H21N5O3S. The summed E-state index contributed by atoms with van der Waals surface area (Å²) in [5, 5.41) is 7.86. The van der Waals surface area contributed by atoms with Crippen LogP contribution in [0.3, 0.4) is 0 Å². The van der Waals surface area contributed by atoms with Gasteiger partial charge in [0, 0.05) is 17.9 Å². The Labute approximate surface area is 166 Å². The van der Waals surface area contributed by atoms with Gasteiger partial charge in [0.05, 0.1) is 5.75 Å². The lowest BCUT2D eigenvalue weighted by Gasteiger charge is -2.18. The Bertz CT molecular complexity index is 1020. The molecule has 0 saturated carbocycles. The Morgan fingerprint density at radius 1 is 1.18 bits per heavy atom. The molecule has 2 aromatic heterocycles. The monoisotopic (exact) mass is 399 g/mol. The standard InChI is InChI=1S/C19H21N5O3S/c1-12-9-13(2)24-18(21-12)22-19(23-24)28-11-17(25)20-6-5-14-3-4-15-16(10-14)27-8-7-26-15/h3-4,9-10H,5-8,11H2,1-2H3,(H,20,25). The van der Waals surface area contributed by atoms with Crippen molar-refractivity contribution in [3.8, 4) is 11.5 Å². The van der Waals surface area contributed by atoms with Gasteiger partial charge in [-0.3, -0.25) is 4.79 Å². The van der Waals surface area contributed by atoms with Crippen LogP contribution in [-0.2, 0) is 11.2 Å². The maximum Gasteiger partial charge on any atom is 0.253 e. The highest BCUT2D eigenvalue weighted by Crippen LogP contribution is 2.30. The number of hydrogen-bond acceptors (Lipinski definition) is 7. The second kappa shape index (κ2) is 8.05. The smallest absolute Gasteiger partial charge is 0.253 e. The number of amides is 1. The SMILES string of the molecule is Cc1cc(C)n2nc(SCC(=O)NCCc3ccc4c(c3)OCCO4)nc2n1. The number of aryl methyl sites for hydroxylation is 2. The van der Waals surface area contributed by atoms with Crippen molar-refractivity contribution in [2.45, 2.75) is 25.4 Å². The van der Waals surface area contributed by atoms with Crippen molar-refractivity contribution in [2.24, 2.45) is 0 Å². The predicted octanol–water partition coefficient (Wildman–Crippen LogP) is 1.96. The van der Waals surface area contributed by atoms with Crippen molar-refractivity contribution in [2.75, 3.05) is 25.5 Å². The van der Waals surface area contributed by atoms with E-state index in [9.17, 15) is 4.79 Å². The quantitative estimate of drug-likeness (QED) is 0.634. The van der Waals surface area contributed by atoms with E-state index in [0.717, 1.165) is 34.9 Å². The Balaban J connectivity index is 1.26. The van der Waals surface area contributed by atoms with Gasteiger partial charge in [0.15, 0.2) is 11.5 Å². The van der Waals surface area contributed by atoms with Gasteiger partial charge in [-0.2, -0.15) is 4.98 Å². The minimum absolute atomic E-state index is 0.0535. The highest BCUT2D eigenvalue weighted by atomic mass is 32.2. The first-order chi connectivity index (χ1) is 13.6. The fraction of sp³-hybridized carbons (Fsp3) is 0.368. The summed E-state index contributed by atoms with van der Waals surface area (Å²) in [5.74, 6) is 2.30. The van der Waals surface area contributed by atoms with E-state index in [4.69, 9.17) is 9.47 Å². The minimum atomic E-state index is -0.0535. The topological polar surface area (TPSA) is 90.6 Å². The van der Waals surface area contributed by atoms with Crippen LogP contribution in [0.15, 0.2) is 29.4 Å². The van der Waals surface area contributed by atoms with Crippen molar-refractivity contribution in [3.05, 3.63) is 41.2 Å². The lowest BCUT2D eigenvalue weighted by atomic mass is 10.1. The molecule has 8 nitrogen and oxygen atoms in total. The number of carbonyl (C=O) groups excluding carboxylic acids is 1. The van der Waals surface area contributed by atoms with Crippen molar-refractivity contribution in [3.63, 3.8) is 0 Å². The lowest BCUT2D eigenvalue weighted by molar-refractivity contribution is -0.118. The zero-order valence-electron chi connectivity index (χ0n) is 15.8. The molecule has 0 aliphatic carbocycles. The zero-order chi connectivity index (χ0) is 19.5. The third-order valence-electron chi connectivity index (χ3n) is 4.27. The van der Waals surface area contributed by atoms with Gasteiger partial charge in [-0.05, 0) is 44.0 Å². The number of nitrogens with one attached hydrogen (secondary N) is 1. The summed E-state index contributed by atoms with van der Waals surface area (Å²) in [5.41, 5.74) is 2.95. The van der Waals surface area contributed by atoms with Crippen LogP contribution in [0.2, 0.25) is 0 Å². The largest absolute Gasteiger partial charge is 0.486 e. The number of hydrogen-bond donors (Lipinski definition) is 1. The number of fused-ring (bicyclic) bond motifs is 2. The first kappa shape index (κ1) is 18.5. The van der Waals surface area contributed by atoms with Crippen LogP contribution in [0, 0.1) is 13.8 Å². The molecule has 1 amide bonds. The molecule has 1 aliphatic heterocycles. The van der Waals surface area contributed by atoms with E-state index < -0.39 is 0 Å². The van der Waals surface area contributed by atoms with Crippen molar-refractivity contribution in [1.29, 1.82) is 0 Å². The van der Waals surface area contributed by atoms with E-state index in [1.165, 1.54) is 11.8 Å². The molecule has 3 aromatic rings. The Kier molecular flexibility index (Phi) is 5.34. The van der Waals surface area contributed by atoms with Crippen LogP contribution in [-0.4, -0.2) is 51.0 Å². The summed E-state index contributed by atoms with van der Waals surface area (Å²) in [6.07, 6.45) is 0.724. The summed E-state index contributed by atoms with van der Waals surface area (Å²) in [6.45, 7) is 5.57. The zero-order valence-corrected chi connectivity index (χ0v) is 16.6. The van der Waals surface area contributed by atoms with Gasteiger partial charge in [0.1, 0.15) is 13.2 Å². The normalized spacial score (nSPS) is 12.9. The molecule has 1 aliphatic rings. The second-order valence-electron chi connectivity index (χ2n) is 6.51. The van der Waals surface area contributed by atoms with Crippen LogP contribution in [0.1, 0.15) is 17.0 Å². The Hall–Kier alpha value is -2.81. The maximum atomic E-state index is 12.1. The van der Waals surface area contributed by atoms with Gasteiger partial charge in [-0.15, -0.1) is 5.10 Å². The summed E-state index contributed by atoms with van der Waals surface area (Å²) >= 11 is 1.30. The summed E-state index contributed by atoms with van der Waals surface area (Å²) in [6, 6.07) is 7.81. The average Bonchev–Trinajstić information content (AvgIpc) is 3.09. The molecule has 0 spiro atoms. The summed E-state index contributed by atoms with van der Waals surface area (Å²) in [4.78, 5) is 20.8. The highest BCUT2D eigenvalue weighted by Gasteiger charge is 2.13. The molecule has 3 heterocycles. The highest BCUT2D eigenvalue weighted by molar-refractivity contribution is 7.99. The molecule has 0 atom stereocenters. The number of ether oxygens (including phenoxy) is 2. The molecule has 28 heavy (non-hydrogen) atoms. The van der Waals surface area contributed by atoms with E-state index in [2.05, 4.69) is 20.4 Å². The van der Waals surface area contributed by atoms with Gasteiger partial charge < -0.3 is 14.8 Å². The number of nitrogens with zero attached hydrogens (tertiary/aromatic N) is 4. The molecular weight excluding hydrogens is 378 g/mol. The number of benzene rings is 1. The number of aromatic nitrogens is 4. The predicted molar refractivity (Wildman–Crippen MR) is 105 cm³/mol. The van der Waals surface area contributed by atoms with Crippen LogP contribution in [0.5, 0.6) is 11.5 Å². The average molecular weight is 399 g/mol. The van der Waals surface area contributed by atoms with E-state index in [0.29, 0.717) is 30.7 Å². The third-order valence-corrected chi connectivity index (χ3v) is 5.11. The third kappa shape index (κ3) is 4.19. The minimum Gasteiger partial charge on any atom is -0.486 e. The molecule has 146 valence electrons. The number of carbonyl (C=O) groups is 1. The molecule has 4 rings (SSSR count). The van der Waals surface area contributed by atoms with Gasteiger partial charge >= 0.3 is 0 Å². The molecule has 1 N–H and O–H groups in total. The van der Waals surface area contributed by atoms with Crippen molar-refractivity contribution in [1.82, 2.24) is 24.9 Å². The molecule has 0 unspecified atom stereocenters. The fourth-order valence-electron chi connectivity index (χ4n) is 2.98. The molecule has 0 saturated heterocycles. The van der Waals surface area contributed by atoms with Crippen LogP contribution in [0.25, 0.3) is 5.78 Å². The fourth-order valence-corrected chi connectivity index (χ4v) is 3.63.